The molecular formula is C8H18NO4P. The van der Waals surface area contributed by atoms with Gasteiger partial charge in [-0.05, 0) is 13.3 Å². The zero-order valence-electron chi connectivity index (χ0n) is 8.53. The summed E-state index contributed by atoms with van der Waals surface area (Å²) in [5.74, 6) is -0.305. The van der Waals surface area contributed by atoms with Gasteiger partial charge < -0.3 is 10.6 Å². The highest BCUT2D eigenvalue weighted by Crippen LogP contribution is 2.21. The number of rotatable bonds is 7. The van der Waals surface area contributed by atoms with Crippen LogP contribution in [0.1, 0.15) is 33.1 Å². The number of carbonyl (C=O) groups excluding carboxylic acids is 1. The first-order valence-corrected chi connectivity index (χ1v) is 5.91. The first kappa shape index (κ1) is 13.8. The zero-order chi connectivity index (χ0) is 11.1. The van der Waals surface area contributed by atoms with Crippen LogP contribution in [0.2, 0.25) is 0 Å². The number of carbonyl (C=O) groups is 1. The van der Waals surface area contributed by atoms with Gasteiger partial charge in [-0.2, -0.15) is 0 Å². The first-order chi connectivity index (χ1) is 6.49. The summed E-state index contributed by atoms with van der Waals surface area (Å²) in [4.78, 5) is 19.6. The smallest absolute Gasteiger partial charge is 0.317 e. The van der Waals surface area contributed by atoms with Crippen molar-refractivity contribution in [2.45, 2.75) is 45.3 Å². The molecule has 14 heavy (non-hydrogen) atoms. The topological polar surface area (TPSA) is 89.6 Å². The summed E-state index contributed by atoms with van der Waals surface area (Å²) < 4.78 is 15.0. The minimum atomic E-state index is -3.10. The SMILES string of the molecule is CCCCC(N)C(O[PH](=O)O)C(C)=O. The fraction of sp³-hybridized carbons (Fsp3) is 0.875. The maximum absolute atomic E-state index is 11.0. The van der Waals surface area contributed by atoms with E-state index in [4.69, 9.17) is 10.6 Å². The lowest BCUT2D eigenvalue weighted by atomic mass is 10.0. The second-order valence-corrected chi connectivity index (χ2v) is 3.99. The lowest BCUT2D eigenvalue weighted by Gasteiger charge is -2.19. The third kappa shape index (κ3) is 5.50. The monoisotopic (exact) mass is 223 g/mol. The fourth-order valence-corrected chi connectivity index (χ4v) is 1.73. The number of hydrogen-bond donors (Lipinski definition) is 2. The Morgan fingerprint density at radius 2 is 2.21 bits per heavy atom. The molecule has 0 aliphatic heterocycles. The molecule has 0 heterocycles. The number of ketones is 1. The van der Waals surface area contributed by atoms with Gasteiger partial charge in [-0.1, -0.05) is 19.8 Å². The Kier molecular flexibility index (Phi) is 7.01. The van der Waals surface area contributed by atoms with Gasteiger partial charge in [0.25, 0.3) is 0 Å². The summed E-state index contributed by atoms with van der Waals surface area (Å²) in [6.45, 7) is 3.31. The molecule has 6 heteroatoms. The molecule has 0 rings (SSSR count). The molecule has 0 saturated carbocycles. The van der Waals surface area contributed by atoms with Crippen molar-refractivity contribution in [1.82, 2.24) is 0 Å². The van der Waals surface area contributed by atoms with Crippen LogP contribution in [-0.2, 0) is 13.9 Å². The van der Waals surface area contributed by atoms with Gasteiger partial charge in [0.1, 0.15) is 6.10 Å². The summed E-state index contributed by atoms with van der Waals surface area (Å²) in [5, 5.41) is 0. The van der Waals surface area contributed by atoms with Crippen molar-refractivity contribution in [1.29, 1.82) is 0 Å². The second kappa shape index (κ2) is 7.12. The Labute approximate surface area is 84.6 Å². The molecule has 5 nitrogen and oxygen atoms in total. The summed E-state index contributed by atoms with van der Waals surface area (Å²) in [6.07, 6.45) is 1.52. The van der Waals surface area contributed by atoms with E-state index in [1.165, 1.54) is 6.92 Å². The highest BCUT2D eigenvalue weighted by molar-refractivity contribution is 7.32. The van der Waals surface area contributed by atoms with E-state index in [2.05, 4.69) is 4.52 Å². The van der Waals surface area contributed by atoms with E-state index >= 15 is 0 Å². The van der Waals surface area contributed by atoms with Crippen LogP contribution in [-0.4, -0.2) is 22.8 Å². The van der Waals surface area contributed by atoms with Crippen LogP contribution >= 0.6 is 8.25 Å². The van der Waals surface area contributed by atoms with Crippen LogP contribution in [0.5, 0.6) is 0 Å². The molecule has 0 radical (unpaired) electrons. The minimum absolute atomic E-state index is 0.305. The first-order valence-electron chi connectivity index (χ1n) is 4.64. The van der Waals surface area contributed by atoms with Gasteiger partial charge in [0.2, 0.25) is 0 Å². The van der Waals surface area contributed by atoms with E-state index in [9.17, 15) is 9.36 Å². The average molecular weight is 223 g/mol. The standard InChI is InChI=1S/C8H18NO4P/c1-3-4-5-7(9)8(6(2)10)13-14(11)12/h7-8,14H,3-5,9H2,1-2H3,(H,11,12). The van der Waals surface area contributed by atoms with E-state index in [-0.39, 0.29) is 5.78 Å². The normalized spacial score (nSPS) is 17.4. The predicted octanol–water partition coefficient (Wildman–Crippen LogP) is 0.860. The van der Waals surface area contributed by atoms with Gasteiger partial charge in [0.15, 0.2) is 5.78 Å². The summed E-state index contributed by atoms with van der Waals surface area (Å²) in [5.41, 5.74) is 5.67. The quantitative estimate of drug-likeness (QED) is 0.625. The molecule has 0 fully saturated rings. The van der Waals surface area contributed by atoms with Crippen LogP contribution in [0, 0.1) is 0 Å². The lowest BCUT2D eigenvalue weighted by molar-refractivity contribution is -0.124. The molecule has 3 unspecified atom stereocenters. The summed E-state index contributed by atoms with van der Waals surface area (Å²) in [6, 6.07) is -0.492. The van der Waals surface area contributed by atoms with Crippen LogP contribution in [0.3, 0.4) is 0 Å². The molecule has 0 aromatic rings. The van der Waals surface area contributed by atoms with Gasteiger partial charge in [-0.3, -0.25) is 13.9 Å². The molecule has 0 aliphatic rings. The molecule has 3 atom stereocenters. The number of nitrogens with two attached hydrogens (primary N) is 1. The Morgan fingerprint density at radius 1 is 1.64 bits per heavy atom. The van der Waals surface area contributed by atoms with Crippen molar-refractivity contribution >= 4 is 14.0 Å². The number of Topliss-reactive ketones (excluding diaryl/α,β-unsaturated/α-hetero) is 1. The third-order valence-electron chi connectivity index (χ3n) is 1.91. The predicted molar refractivity (Wildman–Crippen MR) is 54.3 cm³/mol. The molecule has 0 aromatic heterocycles. The Hall–Kier alpha value is -0.220. The third-order valence-corrected chi connectivity index (χ3v) is 2.36. The van der Waals surface area contributed by atoms with Crippen molar-refractivity contribution in [3.8, 4) is 0 Å². The fourth-order valence-electron chi connectivity index (χ4n) is 1.17. The average Bonchev–Trinajstić information content (AvgIpc) is 2.09. The van der Waals surface area contributed by atoms with Crippen molar-refractivity contribution in [2.24, 2.45) is 5.73 Å². The molecule has 0 aliphatic carbocycles. The summed E-state index contributed by atoms with van der Waals surface area (Å²) >= 11 is 0. The van der Waals surface area contributed by atoms with Gasteiger partial charge in [0, 0.05) is 6.04 Å². The molecule has 0 bridgehead atoms. The summed E-state index contributed by atoms with van der Waals surface area (Å²) in [7, 11) is -3.10. The zero-order valence-corrected chi connectivity index (χ0v) is 9.53. The maximum Gasteiger partial charge on any atom is 0.317 e. The van der Waals surface area contributed by atoms with Crippen molar-refractivity contribution in [3.63, 3.8) is 0 Å². The molecule has 0 amide bonds. The van der Waals surface area contributed by atoms with E-state index in [0.717, 1.165) is 12.8 Å². The van der Waals surface area contributed by atoms with E-state index in [1.54, 1.807) is 0 Å². The molecular weight excluding hydrogens is 205 g/mol. The highest BCUT2D eigenvalue weighted by Gasteiger charge is 2.24. The Morgan fingerprint density at radius 3 is 2.57 bits per heavy atom. The van der Waals surface area contributed by atoms with Crippen LogP contribution < -0.4 is 5.73 Å². The molecule has 0 spiro atoms. The van der Waals surface area contributed by atoms with E-state index in [0.29, 0.717) is 6.42 Å². The highest BCUT2D eigenvalue weighted by atomic mass is 31.1. The Bertz CT molecular complexity index is 210. The molecule has 0 aromatic carbocycles. The van der Waals surface area contributed by atoms with E-state index in [1.807, 2.05) is 6.92 Å². The molecule has 3 N–H and O–H groups in total. The Balaban J connectivity index is 4.18. The number of unbranched alkanes of at least 4 members (excludes halogenated alkanes) is 1. The van der Waals surface area contributed by atoms with Gasteiger partial charge >= 0.3 is 8.25 Å². The van der Waals surface area contributed by atoms with Crippen molar-refractivity contribution in [2.75, 3.05) is 0 Å². The molecule has 84 valence electrons. The van der Waals surface area contributed by atoms with Crippen LogP contribution in [0.4, 0.5) is 0 Å². The van der Waals surface area contributed by atoms with E-state index < -0.39 is 20.4 Å². The van der Waals surface area contributed by atoms with Crippen LogP contribution in [0.25, 0.3) is 0 Å². The molecule has 0 saturated heterocycles. The van der Waals surface area contributed by atoms with Gasteiger partial charge in [-0.25, -0.2) is 0 Å². The maximum atomic E-state index is 11.0. The largest absolute Gasteiger partial charge is 0.326 e. The van der Waals surface area contributed by atoms with Gasteiger partial charge in [0.05, 0.1) is 0 Å². The minimum Gasteiger partial charge on any atom is -0.326 e. The van der Waals surface area contributed by atoms with Gasteiger partial charge in [-0.15, -0.1) is 0 Å². The second-order valence-electron chi connectivity index (χ2n) is 3.22. The van der Waals surface area contributed by atoms with Crippen molar-refractivity contribution in [3.05, 3.63) is 0 Å². The van der Waals surface area contributed by atoms with Crippen molar-refractivity contribution < 1.29 is 18.8 Å². The number of hydrogen-bond acceptors (Lipinski definition) is 4. The van der Waals surface area contributed by atoms with Crippen LogP contribution in [0.15, 0.2) is 0 Å². The lowest BCUT2D eigenvalue weighted by Crippen LogP contribution is -2.40.